The highest BCUT2D eigenvalue weighted by molar-refractivity contribution is 6.31. The molecule has 2 heterocycles. The fourth-order valence-corrected chi connectivity index (χ4v) is 3.96. The maximum atomic E-state index is 12.3. The second-order valence-corrected chi connectivity index (χ2v) is 6.85. The van der Waals surface area contributed by atoms with Crippen molar-refractivity contribution in [1.29, 1.82) is 0 Å². The van der Waals surface area contributed by atoms with Crippen LogP contribution in [0.15, 0.2) is 24.3 Å². The monoisotopic (exact) mass is 357 g/mol. The minimum absolute atomic E-state index is 0. The highest BCUT2D eigenvalue weighted by atomic mass is 35.5. The fraction of sp³-hybridized carbons (Fsp3) is 0.588. The van der Waals surface area contributed by atoms with Crippen LogP contribution in [0.3, 0.4) is 0 Å². The highest BCUT2D eigenvalue weighted by Crippen LogP contribution is 2.25. The van der Waals surface area contributed by atoms with E-state index in [1.807, 2.05) is 31.2 Å². The summed E-state index contributed by atoms with van der Waals surface area (Å²) < 4.78 is 0. The van der Waals surface area contributed by atoms with E-state index >= 15 is 0 Å². The molecule has 0 aromatic heterocycles. The smallest absolute Gasteiger partial charge is 0.234 e. The van der Waals surface area contributed by atoms with Gasteiger partial charge in [0.25, 0.3) is 0 Å². The van der Waals surface area contributed by atoms with Crippen LogP contribution >= 0.6 is 24.0 Å². The van der Waals surface area contributed by atoms with Crippen LogP contribution in [0.1, 0.15) is 31.4 Å². The molecule has 6 heteroatoms. The van der Waals surface area contributed by atoms with E-state index in [0.717, 1.165) is 31.6 Å². The van der Waals surface area contributed by atoms with Crippen LogP contribution in [0, 0.1) is 5.92 Å². The molecule has 4 nitrogen and oxygen atoms in total. The van der Waals surface area contributed by atoms with E-state index in [2.05, 4.69) is 15.5 Å². The van der Waals surface area contributed by atoms with Gasteiger partial charge in [-0.3, -0.25) is 9.69 Å². The summed E-state index contributed by atoms with van der Waals surface area (Å²) in [6, 6.07) is 8.27. The summed E-state index contributed by atoms with van der Waals surface area (Å²) in [5.41, 5.74) is 0.969. The van der Waals surface area contributed by atoms with Gasteiger partial charge in [0.15, 0.2) is 0 Å². The standard InChI is InChI=1S/C17H24ClN3O.ClH/c1-12(14-4-2-3-5-15(14)18)20-17(22)11-21-9-7-16-13(10-21)6-8-19-16;/h2-5,12-13,16,19H,6-11H2,1H3,(H,20,22);1H. The summed E-state index contributed by atoms with van der Waals surface area (Å²) in [5, 5.41) is 7.32. The largest absolute Gasteiger partial charge is 0.348 e. The summed E-state index contributed by atoms with van der Waals surface area (Å²) in [6.45, 7) is 5.62. The SMILES string of the molecule is CC(NC(=O)CN1CCC2NCCC2C1)c1ccccc1Cl.Cl. The number of carbonyl (C=O) groups excluding carboxylic acids is 1. The first kappa shape index (κ1) is 18.5. The molecule has 128 valence electrons. The molecular weight excluding hydrogens is 333 g/mol. The summed E-state index contributed by atoms with van der Waals surface area (Å²) >= 11 is 6.19. The van der Waals surface area contributed by atoms with Gasteiger partial charge in [-0.15, -0.1) is 12.4 Å². The molecule has 0 aliphatic carbocycles. The van der Waals surface area contributed by atoms with Gasteiger partial charge >= 0.3 is 0 Å². The molecule has 0 radical (unpaired) electrons. The van der Waals surface area contributed by atoms with Crippen molar-refractivity contribution in [2.24, 2.45) is 5.92 Å². The van der Waals surface area contributed by atoms with Crippen molar-refractivity contribution in [2.45, 2.75) is 31.8 Å². The number of hydrogen-bond acceptors (Lipinski definition) is 3. The number of piperidine rings is 1. The van der Waals surface area contributed by atoms with Crippen molar-refractivity contribution in [3.8, 4) is 0 Å². The van der Waals surface area contributed by atoms with Crippen LogP contribution in [0.2, 0.25) is 5.02 Å². The fourth-order valence-electron chi connectivity index (χ4n) is 3.66. The number of likely N-dealkylation sites (tertiary alicyclic amines) is 1. The minimum atomic E-state index is -0.0631. The van der Waals surface area contributed by atoms with Crippen LogP contribution < -0.4 is 10.6 Å². The number of benzene rings is 1. The molecule has 3 unspecified atom stereocenters. The lowest BCUT2D eigenvalue weighted by atomic mass is 9.93. The van der Waals surface area contributed by atoms with Crippen LogP contribution in [-0.2, 0) is 4.79 Å². The van der Waals surface area contributed by atoms with Crippen molar-refractivity contribution in [3.63, 3.8) is 0 Å². The molecule has 1 aromatic rings. The molecule has 0 saturated carbocycles. The van der Waals surface area contributed by atoms with Crippen molar-refractivity contribution in [1.82, 2.24) is 15.5 Å². The summed E-state index contributed by atoms with van der Waals surface area (Å²) in [7, 11) is 0. The molecule has 2 aliphatic rings. The first-order chi connectivity index (χ1) is 10.6. The minimum Gasteiger partial charge on any atom is -0.348 e. The number of halogens is 2. The Labute approximate surface area is 149 Å². The first-order valence-corrected chi connectivity index (χ1v) is 8.51. The van der Waals surface area contributed by atoms with Gasteiger partial charge in [0.1, 0.15) is 0 Å². The normalized spacial score (nSPS) is 25.3. The predicted molar refractivity (Wildman–Crippen MR) is 96.2 cm³/mol. The number of fused-ring (bicyclic) bond motifs is 1. The van der Waals surface area contributed by atoms with Crippen molar-refractivity contribution < 1.29 is 4.79 Å². The zero-order valence-electron chi connectivity index (χ0n) is 13.4. The topological polar surface area (TPSA) is 44.4 Å². The quantitative estimate of drug-likeness (QED) is 0.870. The molecule has 3 atom stereocenters. The molecule has 2 fully saturated rings. The van der Waals surface area contributed by atoms with Crippen molar-refractivity contribution in [2.75, 3.05) is 26.2 Å². The van der Waals surface area contributed by atoms with Gasteiger partial charge in [-0.05, 0) is 43.9 Å². The molecular formula is C17H25Cl2N3O. The summed E-state index contributed by atoms with van der Waals surface area (Å²) in [4.78, 5) is 14.6. The van der Waals surface area contributed by atoms with E-state index in [0.29, 0.717) is 23.5 Å². The summed E-state index contributed by atoms with van der Waals surface area (Å²) in [5.74, 6) is 0.791. The Bertz CT molecular complexity index is 540. The third-order valence-electron chi connectivity index (χ3n) is 4.86. The Hall–Kier alpha value is -0.810. The Kier molecular flexibility index (Phi) is 6.72. The zero-order valence-corrected chi connectivity index (χ0v) is 15.0. The molecule has 2 aliphatic heterocycles. The van der Waals surface area contributed by atoms with Gasteiger partial charge < -0.3 is 10.6 Å². The molecule has 0 spiro atoms. The Morgan fingerprint density at radius 1 is 1.43 bits per heavy atom. The van der Waals surface area contributed by atoms with Crippen molar-refractivity contribution in [3.05, 3.63) is 34.9 Å². The first-order valence-electron chi connectivity index (χ1n) is 8.13. The molecule has 0 bridgehead atoms. The highest BCUT2D eigenvalue weighted by Gasteiger charge is 2.33. The number of nitrogens with one attached hydrogen (secondary N) is 2. The number of amides is 1. The van der Waals surface area contributed by atoms with Gasteiger partial charge in [-0.2, -0.15) is 0 Å². The Balaban J connectivity index is 0.00000192. The van der Waals surface area contributed by atoms with Gasteiger partial charge in [-0.25, -0.2) is 0 Å². The van der Waals surface area contributed by atoms with E-state index in [1.165, 1.54) is 6.42 Å². The van der Waals surface area contributed by atoms with E-state index in [9.17, 15) is 4.79 Å². The molecule has 3 rings (SSSR count). The van der Waals surface area contributed by atoms with Gasteiger partial charge in [0.05, 0.1) is 12.6 Å². The van der Waals surface area contributed by atoms with E-state index in [-0.39, 0.29) is 24.4 Å². The second-order valence-electron chi connectivity index (χ2n) is 6.44. The molecule has 23 heavy (non-hydrogen) atoms. The second kappa shape index (κ2) is 8.34. The number of hydrogen-bond donors (Lipinski definition) is 2. The van der Waals surface area contributed by atoms with Crippen LogP contribution in [0.5, 0.6) is 0 Å². The van der Waals surface area contributed by atoms with E-state index in [4.69, 9.17) is 11.6 Å². The van der Waals surface area contributed by atoms with Crippen LogP contribution in [-0.4, -0.2) is 43.0 Å². The Morgan fingerprint density at radius 3 is 3.00 bits per heavy atom. The van der Waals surface area contributed by atoms with E-state index in [1.54, 1.807) is 0 Å². The lowest BCUT2D eigenvalue weighted by Gasteiger charge is -2.34. The molecule has 2 N–H and O–H groups in total. The third-order valence-corrected chi connectivity index (χ3v) is 5.20. The number of rotatable bonds is 4. The lowest BCUT2D eigenvalue weighted by molar-refractivity contribution is -0.123. The van der Waals surface area contributed by atoms with Gasteiger partial charge in [-0.1, -0.05) is 29.8 Å². The number of carbonyl (C=O) groups is 1. The zero-order chi connectivity index (χ0) is 15.5. The van der Waals surface area contributed by atoms with E-state index < -0.39 is 0 Å². The average Bonchev–Trinajstić information content (AvgIpc) is 2.95. The van der Waals surface area contributed by atoms with Crippen LogP contribution in [0.4, 0.5) is 0 Å². The average molecular weight is 358 g/mol. The van der Waals surface area contributed by atoms with Gasteiger partial charge in [0.2, 0.25) is 5.91 Å². The van der Waals surface area contributed by atoms with Gasteiger partial charge in [0, 0.05) is 24.2 Å². The maximum Gasteiger partial charge on any atom is 0.234 e. The predicted octanol–water partition coefficient (Wildman–Crippen LogP) is 2.62. The van der Waals surface area contributed by atoms with Crippen molar-refractivity contribution >= 4 is 29.9 Å². The molecule has 2 saturated heterocycles. The Morgan fingerprint density at radius 2 is 2.22 bits per heavy atom. The molecule has 1 amide bonds. The third kappa shape index (κ3) is 4.60. The summed E-state index contributed by atoms with van der Waals surface area (Å²) in [6.07, 6.45) is 2.39. The maximum absolute atomic E-state index is 12.3. The molecule has 1 aromatic carbocycles. The number of nitrogens with zero attached hydrogens (tertiary/aromatic N) is 1. The lowest BCUT2D eigenvalue weighted by Crippen LogP contribution is -2.48. The van der Waals surface area contributed by atoms with Crippen LogP contribution in [0.25, 0.3) is 0 Å².